The fourth-order valence-corrected chi connectivity index (χ4v) is 1.94. The van der Waals surface area contributed by atoms with Gasteiger partial charge in [0.25, 0.3) is 5.91 Å². The zero-order valence-electron chi connectivity index (χ0n) is 13.3. The summed E-state index contributed by atoms with van der Waals surface area (Å²) in [4.78, 5) is 16.0. The SMILES string of the molecule is CCC(C)NC(=O)c1ccc(Nc2cccc(C(F)(F)F)c2)cn1. The van der Waals surface area contributed by atoms with E-state index in [1.807, 2.05) is 13.8 Å². The summed E-state index contributed by atoms with van der Waals surface area (Å²) in [6.45, 7) is 3.85. The average Bonchev–Trinajstić information content (AvgIpc) is 2.54. The Hall–Kier alpha value is -2.57. The number of hydrogen-bond donors (Lipinski definition) is 2. The zero-order chi connectivity index (χ0) is 17.7. The number of anilines is 2. The third-order valence-electron chi connectivity index (χ3n) is 3.46. The molecule has 1 heterocycles. The van der Waals surface area contributed by atoms with Crippen LogP contribution in [0.5, 0.6) is 0 Å². The second kappa shape index (κ2) is 7.33. The molecule has 1 aromatic heterocycles. The van der Waals surface area contributed by atoms with Gasteiger partial charge in [-0.05, 0) is 43.7 Å². The summed E-state index contributed by atoms with van der Waals surface area (Å²) >= 11 is 0. The molecule has 0 aliphatic rings. The van der Waals surface area contributed by atoms with Crippen molar-refractivity contribution in [3.63, 3.8) is 0 Å². The van der Waals surface area contributed by atoms with Gasteiger partial charge < -0.3 is 10.6 Å². The summed E-state index contributed by atoms with van der Waals surface area (Å²) in [5.74, 6) is -0.282. The molecule has 0 aliphatic heterocycles. The van der Waals surface area contributed by atoms with Gasteiger partial charge in [0.1, 0.15) is 5.69 Å². The van der Waals surface area contributed by atoms with Gasteiger partial charge in [-0.2, -0.15) is 13.2 Å². The normalized spacial score (nSPS) is 12.5. The number of halogens is 3. The first-order valence-corrected chi connectivity index (χ1v) is 7.50. The third kappa shape index (κ3) is 4.71. The number of hydrogen-bond acceptors (Lipinski definition) is 3. The van der Waals surface area contributed by atoms with Crippen LogP contribution >= 0.6 is 0 Å². The molecule has 2 N–H and O–H groups in total. The van der Waals surface area contributed by atoms with Gasteiger partial charge in [-0.25, -0.2) is 4.98 Å². The van der Waals surface area contributed by atoms with Crippen molar-refractivity contribution in [1.29, 1.82) is 0 Å². The maximum Gasteiger partial charge on any atom is 0.416 e. The monoisotopic (exact) mass is 337 g/mol. The lowest BCUT2D eigenvalue weighted by Crippen LogP contribution is -2.32. The highest BCUT2D eigenvalue weighted by atomic mass is 19.4. The second-order valence-electron chi connectivity index (χ2n) is 5.42. The number of pyridine rings is 1. The summed E-state index contributed by atoms with van der Waals surface area (Å²) in [7, 11) is 0. The molecular weight excluding hydrogens is 319 g/mol. The highest BCUT2D eigenvalue weighted by Crippen LogP contribution is 2.31. The lowest BCUT2D eigenvalue weighted by molar-refractivity contribution is -0.137. The van der Waals surface area contributed by atoms with E-state index in [2.05, 4.69) is 15.6 Å². The number of carbonyl (C=O) groups excluding carboxylic acids is 1. The molecule has 1 aromatic carbocycles. The quantitative estimate of drug-likeness (QED) is 0.852. The van der Waals surface area contributed by atoms with E-state index in [1.54, 1.807) is 6.07 Å². The maximum atomic E-state index is 12.7. The van der Waals surface area contributed by atoms with E-state index in [4.69, 9.17) is 0 Å². The molecule has 1 amide bonds. The van der Waals surface area contributed by atoms with E-state index in [-0.39, 0.29) is 17.6 Å². The van der Waals surface area contributed by atoms with Crippen LogP contribution in [-0.4, -0.2) is 16.9 Å². The van der Waals surface area contributed by atoms with E-state index in [9.17, 15) is 18.0 Å². The number of alkyl halides is 3. The molecule has 0 saturated carbocycles. The molecule has 1 unspecified atom stereocenters. The number of nitrogens with zero attached hydrogens (tertiary/aromatic N) is 1. The van der Waals surface area contributed by atoms with Gasteiger partial charge in [-0.1, -0.05) is 13.0 Å². The highest BCUT2D eigenvalue weighted by molar-refractivity contribution is 5.92. The standard InChI is InChI=1S/C17H18F3N3O/c1-3-11(2)22-16(24)15-8-7-14(10-21-15)23-13-6-4-5-12(9-13)17(18,19)20/h4-11,23H,3H2,1-2H3,(H,22,24). The minimum atomic E-state index is -4.39. The molecule has 0 saturated heterocycles. The number of rotatable bonds is 5. The average molecular weight is 337 g/mol. The molecule has 0 bridgehead atoms. The van der Waals surface area contributed by atoms with Gasteiger partial charge >= 0.3 is 6.18 Å². The number of benzene rings is 1. The van der Waals surface area contributed by atoms with Gasteiger partial charge in [0.15, 0.2) is 0 Å². The number of aromatic nitrogens is 1. The van der Waals surface area contributed by atoms with Crippen molar-refractivity contribution < 1.29 is 18.0 Å². The van der Waals surface area contributed by atoms with Crippen LogP contribution in [0.15, 0.2) is 42.6 Å². The van der Waals surface area contributed by atoms with Crippen LogP contribution in [0.25, 0.3) is 0 Å². The predicted octanol–water partition coefficient (Wildman–Crippen LogP) is 4.37. The minimum Gasteiger partial charge on any atom is -0.354 e. The van der Waals surface area contributed by atoms with Crippen molar-refractivity contribution in [3.05, 3.63) is 53.9 Å². The van der Waals surface area contributed by atoms with Crippen LogP contribution in [0.3, 0.4) is 0 Å². The van der Waals surface area contributed by atoms with Gasteiger partial charge in [0.05, 0.1) is 17.4 Å². The Morgan fingerprint density at radius 1 is 1.21 bits per heavy atom. The fourth-order valence-electron chi connectivity index (χ4n) is 1.94. The van der Waals surface area contributed by atoms with E-state index < -0.39 is 11.7 Å². The summed E-state index contributed by atoms with van der Waals surface area (Å²) in [6.07, 6.45) is -2.18. The van der Waals surface area contributed by atoms with Crippen molar-refractivity contribution >= 4 is 17.3 Å². The van der Waals surface area contributed by atoms with E-state index >= 15 is 0 Å². The van der Waals surface area contributed by atoms with E-state index in [0.29, 0.717) is 11.4 Å². The van der Waals surface area contributed by atoms with Crippen LogP contribution in [0.2, 0.25) is 0 Å². The first-order valence-electron chi connectivity index (χ1n) is 7.50. The first kappa shape index (κ1) is 17.8. The Kier molecular flexibility index (Phi) is 5.43. The molecule has 4 nitrogen and oxygen atoms in total. The summed E-state index contributed by atoms with van der Waals surface area (Å²) < 4.78 is 38.1. The summed E-state index contributed by atoms with van der Waals surface area (Å²) in [5, 5.41) is 5.63. The van der Waals surface area contributed by atoms with Crippen molar-refractivity contribution in [2.24, 2.45) is 0 Å². The smallest absolute Gasteiger partial charge is 0.354 e. The lowest BCUT2D eigenvalue weighted by atomic mass is 10.2. The van der Waals surface area contributed by atoms with Crippen LogP contribution in [0, 0.1) is 0 Å². The first-order chi connectivity index (χ1) is 11.3. The predicted molar refractivity (Wildman–Crippen MR) is 86.2 cm³/mol. The Balaban J connectivity index is 2.08. The van der Waals surface area contributed by atoms with E-state index in [1.165, 1.54) is 24.4 Å². The number of nitrogens with one attached hydrogen (secondary N) is 2. The molecule has 128 valence electrons. The molecule has 0 spiro atoms. The fraction of sp³-hybridized carbons (Fsp3) is 0.294. The van der Waals surface area contributed by atoms with Crippen LogP contribution < -0.4 is 10.6 Å². The van der Waals surface area contributed by atoms with Crippen LogP contribution in [0.4, 0.5) is 24.5 Å². The zero-order valence-corrected chi connectivity index (χ0v) is 13.3. The van der Waals surface area contributed by atoms with Gasteiger partial charge in [0, 0.05) is 11.7 Å². The van der Waals surface area contributed by atoms with Crippen molar-refractivity contribution in [3.8, 4) is 0 Å². The molecular formula is C17H18F3N3O. The lowest BCUT2D eigenvalue weighted by Gasteiger charge is -2.12. The molecule has 1 atom stereocenters. The Morgan fingerprint density at radius 3 is 2.54 bits per heavy atom. The molecule has 0 radical (unpaired) electrons. The largest absolute Gasteiger partial charge is 0.416 e. The molecule has 2 rings (SSSR count). The molecule has 7 heteroatoms. The molecule has 24 heavy (non-hydrogen) atoms. The van der Waals surface area contributed by atoms with Gasteiger partial charge in [-0.15, -0.1) is 0 Å². The Bertz CT molecular complexity index is 699. The van der Waals surface area contributed by atoms with Crippen molar-refractivity contribution in [2.75, 3.05) is 5.32 Å². The maximum absolute atomic E-state index is 12.7. The van der Waals surface area contributed by atoms with Crippen molar-refractivity contribution in [1.82, 2.24) is 10.3 Å². The van der Waals surface area contributed by atoms with Gasteiger partial charge in [0.2, 0.25) is 0 Å². The highest BCUT2D eigenvalue weighted by Gasteiger charge is 2.30. The summed E-state index contributed by atoms with van der Waals surface area (Å²) in [5.41, 5.74) is 0.313. The number of carbonyl (C=O) groups is 1. The summed E-state index contributed by atoms with van der Waals surface area (Å²) in [6, 6.07) is 8.04. The second-order valence-corrected chi connectivity index (χ2v) is 5.42. The topological polar surface area (TPSA) is 54.0 Å². The van der Waals surface area contributed by atoms with Crippen molar-refractivity contribution in [2.45, 2.75) is 32.5 Å². The molecule has 0 fully saturated rings. The Morgan fingerprint density at radius 2 is 1.96 bits per heavy atom. The van der Waals surface area contributed by atoms with Crippen LogP contribution in [-0.2, 0) is 6.18 Å². The Labute approximate surface area is 138 Å². The minimum absolute atomic E-state index is 0.0437. The third-order valence-corrected chi connectivity index (χ3v) is 3.46. The molecule has 2 aromatic rings. The molecule has 0 aliphatic carbocycles. The van der Waals surface area contributed by atoms with E-state index in [0.717, 1.165) is 18.6 Å². The van der Waals surface area contributed by atoms with Gasteiger partial charge in [-0.3, -0.25) is 4.79 Å². The van der Waals surface area contributed by atoms with Crippen LogP contribution in [0.1, 0.15) is 36.3 Å². The number of amides is 1.